The maximum atomic E-state index is 12.8. The fourth-order valence-corrected chi connectivity index (χ4v) is 4.69. The third-order valence-electron chi connectivity index (χ3n) is 5.37. The molecule has 1 atom stereocenters. The molecule has 1 heterocycles. The zero-order valence-electron chi connectivity index (χ0n) is 20.4. The predicted molar refractivity (Wildman–Crippen MR) is 151 cm³/mol. The minimum Gasteiger partial charge on any atom is -0.504 e. The number of phenolic OH excluding ortho intramolecular Hbond substituents is 1. The van der Waals surface area contributed by atoms with Gasteiger partial charge in [-0.1, -0.05) is 71.4 Å². The van der Waals surface area contributed by atoms with Gasteiger partial charge in [0.1, 0.15) is 0 Å². The molecule has 12 heteroatoms. The van der Waals surface area contributed by atoms with Crippen LogP contribution >= 0.6 is 35.0 Å². The van der Waals surface area contributed by atoms with Crippen LogP contribution in [0.15, 0.2) is 77.0 Å². The van der Waals surface area contributed by atoms with E-state index in [-0.39, 0.29) is 33.0 Å². The fourth-order valence-electron chi connectivity index (χ4n) is 3.41. The highest BCUT2D eigenvalue weighted by Gasteiger charge is 2.21. The molecule has 0 aliphatic heterocycles. The largest absolute Gasteiger partial charge is 0.504 e. The van der Waals surface area contributed by atoms with E-state index in [1.165, 1.54) is 31.2 Å². The number of carbonyl (C=O) groups is 1. The lowest BCUT2D eigenvalue weighted by atomic mass is 10.2. The Morgan fingerprint density at radius 3 is 2.53 bits per heavy atom. The van der Waals surface area contributed by atoms with Gasteiger partial charge in [0.2, 0.25) is 0 Å². The van der Waals surface area contributed by atoms with E-state index in [1.807, 2.05) is 65.2 Å². The number of hydrazone groups is 1. The summed E-state index contributed by atoms with van der Waals surface area (Å²) in [5.74, 6) is 0.194. The fraction of sp³-hybridized carbons (Fsp3) is 0.154. The summed E-state index contributed by atoms with van der Waals surface area (Å²) in [7, 11) is 1.39. The molecule has 9 nitrogen and oxygen atoms in total. The first-order chi connectivity index (χ1) is 18.4. The molecule has 3 N–H and O–H groups in total. The van der Waals surface area contributed by atoms with Crippen LogP contribution in [-0.2, 0) is 11.3 Å². The number of benzene rings is 3. The van der Waals surface area contributed by atoms with Crippen LogP contribution in [0.5, 0.6) is 11.5 Å². The average molecular weight is 571 g/mol. The molecule has 0 spiro atoms. The summed E-state index contributed by atoms with van der Waals surface area (Å²) >= 11 is 13.5. The molecule has 38 heavy (non-hydrogen) atoms. The quantitative estimate of drug-likeness (QED) is 0.130. The summed E-state index contributed by atoms with van der Waals surface area (Å²) in [4.78, 5) is 12.8. The lowest BCUT2D eigenvalue weighted by molar-refractivity contribution is -0.120. The topological polar surface area (TPSA) is 114 Å². The van der Waals surface area contributed by atoms with Crippen LogP contribution in [0.2, 0.25) is 10.0 Å². The zero-order valence-corrected chi connectivity index (χ0v) is 22.8. The lowest BCUT2D eigenvalue weighted by Gasteiger charge is -2.13. The first-order valence-corrected chi connectivity index (χ1v) is 13.1. The standard InChI is InChI=1S/C26H24Cl2N6O3S/c1-16(25(36)32-30-14-19-23(28)20(27)13-21(37-2)24(19)35)38-26-33-31-22(15-29-17-9-5-3-6-10-17)34(26)18-11-7-4-8-12-18/h3-14,16,29,35H,15H2,1-2H3,(H,32,36). The molecule has 0 bridgehead atoms. The second-order valence-corrected chi connectivity index (χ2v) is 10.0. The Kier molecular flexibility index (Phi) is 9.11. The second-order valence-electron chi connectivity index (χ2n) is 7.92. The lowest BCUT2D eigenvalue weighted by Crippen LogP contribution is -2.27. The van der Waals surface area contributed by atoms with Crippen molar-refractivity contribution in [2.45, 2.75) is 23.9 Å². The number of nitrogens with zero attached hydrogens (tertiary/aromatic N) is 4. The van der Waals surface area contributed by atoms with Crippen molar-refractivity contribution < 1.29 is 14.6 Å². The van der Waals surface area contributed by atoms with Gasteiger partial charge in [0.15, 0.2) is 22.5 Å². The van der Waals surface area contributed by atoms with Crippen LogP contribution in [-0.4, -0.2) is 44.4 Å². The molecule has 0 saturated heterocycles. The summed E-state index contributed by atoms with van der Waals surface area (Å²) < 4.78 is 6.99. The number of halogens is 2. The van der Waals surface area contributed by atoms with Gasteiger partial charge in [0, 0.05) is 17.4 Å². The monoisotopic (exact) mass is 570 g/mol. The van der Waals surface area contributed by atoms with E-state index in [4.69, 9.17) is 27.9 Å². The molecule has 4 rings (SSSR count). The molecule has 0 aliphatic carbocycles. The summed E-state index contributed by atoms with van der Waals surface area (Å²) in [6.07, 6.45) is 1.21. The Bertz CT molecular complexity index is 1430. The maximum Gasteiger partial charge on any atom is 0.253 e. The number of methoxy groups -OCH3 is 1. The SMILES string of the molecule is COc1cc(Cl)c(Cl)c(C=NNC(=O)C(C)Sc2nnc(CNc3ccccc3)n2-c2ccccc2)c1O. The number of thioether (sulfide) groups is 1. The van der Waals surface area contributed by atoms with E-state index < -0.39 is 5.25 Å². The Morgan fingerprint density at radius 2 is 1.84 bits per heavy atom. The van der Waals surface area contributed by atoms with E-state index in [0.29, 0.717) is 17.5 Å². The molecule has 0 radical (unpaired) electrons. The maximum absolute atomic E-state index is 12.8. The second kappa shape index (κ2) is 12.7. The minimum atomic E-state index is -0.577. The number of rotatable bonds is 10. The number of amides is 1. The molecule has 1 unspecified atom stereocenters. The predicted octanol–water partition coefficient (Wildman–Crippen LogP) is 5.53. The van der Waals surface area contributed by atoms with Crippen molar-refractivity contribution >= 4 is 52.8 Å². The van der Waals surface area contributed by atoms with Crippen LogP contribution < -0.4 is 15.5 Å². The summed E-state index contributed by atoms with van der Waals surface area (Å²) in [6.45, 7) is 2.17. The van der Waals surface area contributed by atoms with Crippen molar-refractivity contribution in [2.24, 2.45) is 5.10 Å². The summed E-state index contributed by atoms with van der Waals surface area (Å²) in [5.41, 5.74) is 4.41. The molecule has 0 fully saturated rings. The Morgan fingerprint density at radius 1 is 1.16 bits per heavy atom. The first-order valence-electron chi connectivity index (χ1n) is 11.4. The van der Waals surface area contributed by atoms with Crippen molar-refractivity contribution in [1.82, 2.24) is 20.2 Å². The average Bonchev–Trinajstić information content (AvgIpc) is 3.34. The number of phenols is 1. The molecular weight excluding hydrogens is 547 g/mol. The summed E-state index contributed by atoms with van der Waals surface area (Å²) in [5, 5.41) is 26.6. The van der Waals surface area contributed by atoms with Gasteiger partial charge in [-0.25, -0.2) is 5.43 Å². The van der Waals surface area contributed by atoms with Crippen LogP contribution in [0.1, 0.15) is 18.3 Å². The van der Waals surface area contributed by atoms with E-state index >= 15 is 0 Å². The Labute approximate surface area is 233 Å². The molecular formula is C26H24Cl2N6O3S. The molecule has 1 amide bonds. The first kappa shape index (κ1) is 27.3. The van der Waals surface area contributed by atoms with Crippen molar-refractivity contribution in [2.75, 3.05) is 12.4 Å². The van der Waals surface area contributed by atoms with Gasteiger partial charge in [-0.15, -0.1) is 10.2 Å². The molecule has 4 aromatic rings. The summed E-state index contributed by atoms with van der Waals surface area (Å²) in [6, 6.07) is 20.9. The van der Waals surface area contributed by atoms with E-state index in [0.717, 1.165) is 11.4 Å². The van der Waals surface area contributed by atoms with Crippen LogP contribution in [0.25, 0.3) is 5.69 Å². The van der Waals surface area contributed by atoms with Crippen LogP contribution in [0, 0.1) is 0 Å². The van der Waals surface area contributed by atoms with E-state index in [1.54, 1.807) is 6.92 Å². The van der Waals surface area contributed by atoms with Crippen LogP contribution in [0.4, 0.5) is 5.69 Å². The minimum absolute atomic E-state index is 0.0815. The van der Waals surface area contributed by atoms with E-state index in [9.17, 15) is 9.90 Å². The number of hydrogen-bond acceptors (Lipinski definition) is 8. The van der Waals surface area contributed by atoms with Gasteiger partial charge in [-0.05, 0) is 31.2 Å². The third-order valence-corrected chi connectivity index (χ3v) is 7.22. The normalized spacial score (nSPS) is 11.9. The molecule has 1 aromatic heterocycles. The van der Waals surface area contributed by atoms with Gasteiger partial charge in [-0.2, -0.15) is 5.10 Å². The Hall–Kier alpha value is -3.73. The highest BCUT2D eigenvalue weighted by Crippen LogP contribution is 2.39. The molecule has 196 valence electrons. The van der Waals surface area contributed by atoms with Gasteiger partial charge in [0.05, 0.1) is 40.7 Å². The van der Waals surface area contributed by atoms with Gasteiger partial charge in [0.25, 0.3) is 5.91 Å². The number of nitrogens with one attached hydrogen (secondary N) is 2. The Balaban J connectivity index is 1.49. The molecule has 3 aromatic carbocycles. The van der Waals surface area contributed by atoms with Crippen LogP contribution in [0.3, 0.4) is 0 Å². The highest BCUT2D eigenvalue weighted by atomic mass is 35.5. The van der Waals surface area contributed by atoms with Crippen molar-refractivity contribution in [3.05, 3.63) is 88.2 Å². The van der Waals surface area contributed by atoms with Crippen molar-refractivity contribution in [1.29, 1.82) is 0 Å². The number of anilines is 1. The van der Waals surface area contributed by atoms with E-state index in [2.05, 4.69) is 26.0 Å². The zero-order chi connectivity index (χ0) is 27.1. The van der Waals surface area contributed by atoms with Gasteiger partial charge in [-0.3, -0.25) is 9.36 Å². The van der Waals surface area contributed by atoms with Crippen molar-refractivity contribution in [3.8, 4) is 17.2 Å². The molecule has 0 aliphatic rings. The highest BCUT2D eigenvalue weighted by molar-refractivity contribution is 8.00. The number of para-hydroxylation sites is 2. The number of hydrogen-bond donors (Lipinski definition) is 3. The number of aromatic hydroxyl groups is 1. The smallest absolute Gasteiger partial charge is 0.253 e. The van der Waals surface area contributed by atoms with Crippen molar-refractivity contribution in [3.63, 3.8) is 0 Å². The number of aromatic nitrogens is 3. The van der Waals surface area contributed by atoms with Gasteiger partial charge >= 0.3 is 0 Å². The number of carbonyl (C=O) groups excluding carboxylic acids is 1. The molecule has 0 saturated carbocycles. The van der Waals surface area contributed by atoms with Gasteiger partial charge < -0.3 is 15.2 Å². The number of ether oxygens (including phenoxy) is 1. The third kappa shape index (κ3) is 6.39.